The van der Waals surface area contributed by atoms with Crippen LogP contribution in [-0.2, 0) is 27.6 Å². The SMILES string of the molecule is CCOc1cc(F)c(Cn2[c-]c(C)c(C(=N)N)n2)c(F)c1.[CH3-].[CH3-].[W]. The average molecular weight is 507 g/mol. The van der Waals surface area contributed by atoms with Gasteiger partial charge in [0.2, 0.25) is 0 Å². The summed E-state index contributed by atoms with van der Waals surface area (Å²) in [5.74, 6) is -1.51. The van der Waals surface area contributed by atoms with Gasteiger partial charge in [0.15, 0.2) is 0 Å². The third kappa shape index (κ3) is 5.41. The van der Waals surface area contributed by atoms with Crippen LogP contribution in [0.25, 0.3) is 0 Å². The molecule has 0 atom stereocenters. The van der Waals surface area contributed by atoms with Gasteiger partial charge in [-0.3, -0.25) is 5.10 Å². The molecule has 0 aliphatic heterocycles. The van der Waals surface area contributed by atoms with Gasteiger partial charge in [-0.05, 0) is 12.6 Å². The fraction of sp³-hybridized carbons (Fsp3) is 0.250. The summed E-state index contributed by atoms with van der Waals surface area (Å²) in [4.78, 5) is 0. The van der Waals surface area contributed by atoms with Gasteiger partial charge < -0.3 is 35.4 Å². The first-order valence-corrected chi connectivity index (χ1v) is 6.34. The van der Waals surface area contributed by atoms with Crippen molar-refractivity contribution in [2.45, 2.75) is 20.4 Å². The van der Waals surface area contributed by atoms with E-state index in [1.54, 1.807) is 13.8 Å². The van der Waals surface area contributed by atoms with E-state index >= 15 is 0 Å². The van der Waals surface area contributed by atoms with Gasteiger partial charge in [0.25, 0.3) is 0 Å². The van der Waals surface area contributed by atoms with Crippen LogP contribution in [0.1, 0.15) is 23.7 Å². The fourth-order valence-corrected chi connectivity index (χ4v) is 1.93. The molecule has 134 valence electrons. The molecule has 0 aliphatic carbocycles. The van der Waals surface area contributed by atoms with Gasteiger partial charge in [0, 0.05) is 45.3 Å². The molecule has 5 nitrogen and oxygen atoms in total. The second kappa shape index (κ2) is 10.2. The van der Waals surface area contributed by atoms with Crippen LogP contribution in [0.4, 0.5) is 8.78 Å². The maximum Gasteiger partial charge on any atom is 0.134 e. The van der Waals surface area contributed by atoms with Crippen molar-refractivity contribution in [3.63, 3.8) is 0 Å². The van der Waals surface area contributed by atoms with Crippen LogP contribution in [0.2, 0.25) is 0 Å². The Morgan fingerprint density at radius 1 is 1.33 bits per heavy atom. The Morgan fingerprint density at radius 3 is 2.29 bits per heavy atom. The second-order valence-electron chi connectivity index (χ2n) is 4.46. The smallest absolute Gasteiger partial charge is 0.134 e. The molecule has 0 bridgehead atoms. The molecule has 3 N–H and O–H groups in total. The van der Waals surface area contributed by atoms with Crippen molar-refractivity contribution in [1.29, 1.82) is 5.41 Å². The van der Waals surface area contributed by atoms with E-state index in [0.29, 0.717) is 12.2 Å². The largest absolute Gasteiger partial charge is 0.494 e. The van der Waals surface area contributed by atoms with E-state index in [2.05, 4.69) is 11.3 Å². The molecule has 1 aromatic heterocycles. The zero-order valence-corrected chi connectivity index (χ0v) is 17.0. The van der Waals surface area contributed by atoms with E-state index < -0.39 is 11.6 Å². The number of aryl methyl sites for hydroxylation is 1. The first kappa shape index (κ1) is 24.5. The molecule has 0 saturated heterocycles. The van der Waals surface area contributed by atoms with Crippen molar-refractivity contribution in [1.82, 2.24) is 9.78 Å². The van der Waals surface area contributed by atoms with Crippen molar-refractivity contribution in [3.8, 4) is 5.75 Å². The summed E-state index contributed by atoms with van der Waals surface area (Å²) in [7, 11) is 0. The van der Waals surface area contributed by atoms with E-state index in [4.69, 9.17) is 15.9 Å². The van der Waals surface area contributed by atoms with Crippen molar-refractivity contribution in [3.05, 3.63) is 61.6 Å². The molecule has 0 unspecified atom stereocenters. The van der Waals surface area contributed by atoms with E-state index in [1.165, 1.54) is 4.68 Å². The third-order valence-corrected chi connectivity index (χ3v) is 2.86. The Bertz CT molecular complexity index is 666. The van der Waals surface area contributed by atoms with Gasteiger partial charge in [-0.2, -0.15) is 5.56 Å². The van der Waals surface area contributed by atoms with Gasteiger partial charge in [0.05, 0.1) is 12.4 Å². The Balaban J connectivity index is 0. The van der Waals surface area contributed by atoms with E-state index in [1.807, 2.05) is 0 Å². The predicted molar refractivity (Wildman–Crippen MR) is 86.3 cm³/mol. The number of nitrogens with two attached hydrogens (primary N) is 1. The molecule has 0 fully saturated rings. The zero-order valence-electron chi connectivity index (χ0n) is 14.1. The molecular weight excluding hydrogens is 486 g/mol. The van der Waals surface area contributed by atoms with Crippen LogP contribution in [0.5, 0.6) is 5.75 Å². The summed E-state index contributed by atoms with van der Waals surface area (Å²) in [5, 5.41) is 11.3. The monoisotopic (exact) mass is 507 g/mol. The summed E-state index contributed by atoms with van der Waals surface area (Å²) in [5.41, 5.74) is 6.01. The molecule has 1 aromatic carbocycles. The van der Waals surface area contributed by atoms with E-state index in [9.17, 15) is 8.78 Å². The molecule has 8 heteroatoms. The normalized spacial score (nSPS) is 9.33. The molecule has 0 amide bonds. The number of nitrogens with zero attached hydrogens (tertiary/aromatic N) is 2. The maximum absolute atomic E-state index is 13.9. The summed E-state index contributed by atoms with van der Waals surface area (Å²) in [6.45, 7) is 3.59. The van der Waals surface area contributed by atoms with E-state index in [-0.39, 0.29) is 65.3 Å². The Hall–Kier alpha value is -1.75. The van der Waals surface area contributed by atoms with Crippen molar-refractivity contribution in [2.24, 2.45) is 5.73 Å². The van der Waals surface area contributed by atoms with Crippen LogP contribution in [-0.4, -0.2) is 22.2 Å². The zero-order chi connectivity index (χ0) is 15.6. The van der Waals surface area contributed by atoms with Gasteiger partial charge >= 0.3 is 0 Å². The molecule has 1 heterocycles. The summed E-state index contributed by atoms with van der Waals surface area (Å²) >= 11 is 0. The number of aromatic nitrogens is 2. The third-order valence-electron chi connectivity index (χ3n) is 2.86. The number of halogens is 2. The summed E-state index contributed by atoms with van der Waals surface area (Å²) < 4.78 is 34.2. The molecule has 0 radical (unpaired) electrons. The first-order chi connectivity index (χ1) is 9.92. The topological polar surface area (TPSA) is 76.9 Å². The molecule has 2 aromatic rings. The van der Waals surface area contributed by atoms with Crippen LogP contribution in [0, 0.1) is 45.0 Å². The minimum absolute atomic E-state index is 0. The number of nitrogen functional groups attached to an aromatic ring is 1. The minimum Gasteiger partial charge on any atom is -0.494 e. The average Bonchev–Trinajstić information content (AvgIpc) is 2.75. The standard InChI is InChI=1S/C14H15F2N4O.2CH3.W/c1-3-21-9-4-11(15)10(12(16)5-9)7-20-6-8(2)13(19-20)14(17)18;;;/h4-5H,3,7H2,1-2H3,(H3,17,18);2*1H3;/q3*-1;. The molecule has 24 heavy (non-hydrogen) atoms. The van der Waals surface area contributed by atoms with Gasteiger partial charge in [0.1, 0.15) is 17.4 Å². The van der Waals surface area contributed by atoms with Gasteiger partial charge in [-0.15, -0.1) is 6.20 Å². The number of ether oxygens (including phenoxy) is 1. The van der Waals surface area contributed by atoms with Crippen LogP contribution < -0.4 is 10.5 Å². The Labute approximate surface area is 156 Å². The number of amidine groups is 1. The number of rotatable bonds is 5. The first-order valence-electron chi connectivity index (χ1n) is 6.34. The number of hydrogen-bond donors (Lipinski definition) is 2. The Morgan fingerprint density at radius 2 is 1.88 bits per heavy atom. The fourth-order valence-electron chi connectivity index (χ4n) is 1.93. The van der Waals surface area contributed by atoms with Gasteiger partial charge in [-0.25, -0.2) is 8.78 Å². The van der Waals surface area contributed by atoms with E-state index in [0.717, 1.165) is 12.1 Å². The quantitative estimate of drug-likeness (QED) is 0.372. The van der Waals surface area contributed by atoms with Gasteiger partial charge in [-0.1, -0.05) is 6.92 Å². The molecule has 0 aliphatic rings. The summed E-state index contributed by atoms with van der Waals surface area (Å²) in [6, 6.07) is 2.26. The minimum atomic E-state index is -0.718. The van der Waals surface area contributed by atoms with Crippen LogP contribution in [0.3, 0.4) is 0 Å². The molecule has 2 rings (SSSR count). The summed E-state index contributed by atoms with van der Waals surface area (Å²) in [6.07, 6.45) is 2.79. The second-order valence-corrected chi connectivity index (χ2v) is 4.46. The Kier molecular flexibility index (Phi) is 10.4. The molecule has 0 saturated carbocycles. The molecular formula is C16H21F2N4OW-3. The predicted octanol–water partition coefficient (Wildman–Crippen LogP) is 2.90. The number of benzene rings is 1. The number of nitrogens with one attached hydrogen (secondary N) is 1. The van der Waals surface area contributed by atoms with Crippen LogP contribution in [0.15, 0.2) is 12.1 Å². The van der Waals surface area contributed by atoms with Crippen molar-refractivity contribution in [2.75, 3.05) is 6.61 Å². The van der Waals surface area contributed by atoms with Crippen molar-refractivity contribution >= 4 is 5.84 Å². The molecule has 0 spiro atoms. The van der Waals surface area contributed by atoms with Crippen molar-refractivity contribution < 1.29 is 34.6 Å². The number of hydrogen-bond acceptors (Lipinski definition) is 3. The van der Waals surface area contributed by atoms with Crippen LogP contribution >= 0.6 is 0 Å². The maximum atomic E-state index is 13.9.